The van der Waals surface area contributed by atoms with Gasteiger partial charge in [-0.15, -0.1) is 0 Å². The van der Waals surface area contributed by atoms with Gasteiger partial charge in [0.2, 0.25) is 0 Å². The Morgan fingerprint density at radius 2 is 1.78 bits per heavy atom. The van der Waals surface area contributed by atoms with Gasteiger partial charge in [0.1, 0.15) is 0 Å². The molecule has 5 heteroatoms. The summed E-state index contributed by atoms with van der Waals surface area (Å²) in [5.74, 6) is 0.515. The number of benzene rings is 3. The van der Waals surface area contributed by atoms with Gasteiger partial charge in [-0.3, -0.25) is 4.79 Å². The minimum absolute atomic E-state index is 0.0105. The number of anilines is 2. The van der Waals surface area contributed by atoms with Gasteiger partial charge in [-0.2, -0.15) is 0 Å². The minimum Gasteiger partial charge on any atom is -0.378 e. The molecule has 0 radical (unpaired) electrons. The van der Waals surface area contributed by atoms with E-state index in [1.54, 1.807) is 0 Å². The lowest BCUT2D eigenvalue weighted by atomic mass is 9.76. The number of amides is 1. The lowest BCUT2D eigenvalue weighted by Crippen LogP contribution is -2.32. The van der Waals surface area contributed by atoms with Crippen LogP contribution in [0.4, 0.5) is 11.4 Å². The Morgan fingerprint density at radius 3 is 2.50 bits per heavy atom. The molecule has 1 aliphatic carbocycles. The second-order valence-corrected chi connectivity index (χ2v) is 9.11. The fourth-order valence-electron chi connectivity index (χ4n) is 5.03. The summed E-state index contributed by atoms with van der Waals surface area (Å²) in [6.45, 7) is 2.61. The van der Waals surface area contributed by atoms with Gasteiger partial charge in [0.05, 0.1) is 6.04 Å². The number of nitrogens with one attached hydrogen (secondary N) is 1. The predicted molar refractivity (Wildman–Crippen MR) is 133 cm³/mol. The summed E-state index contributed by atoms with van der Waals surface area (Å²) in [5.41, 5.74) is 4.73. The first-order valence-electron chi connectivity index (χ1n) is 11.0. The fourth-order valence-corrected chi connectivity index (χ4v) is 5.66. The number of carbonyl (C=O) groups is 1. The summed E-state index contributed by atoms with van der Waals surface area (Å²) in [7, 11) is 0. The maximum atomic E-state index is 13.4. The van der Waals surface area contributed by atoms with E-state index in [1.165, 1.54) is 0 Å². The molecule has 0 spiro atoms. The summed E-state index contributed by atoms with van der Waals surface area (Å²) in [5, 5.41) is 5.03. The molecule has 32 heavy (non-hydrogen) atoms. The smallest absolute Gasteiger partial charge is 0.258 e. The minimum atomic E-state index is 0.0105. The lowest BCUT2D eigenvalue weighted by Gasteiger charge is -2.38. The molecule has 1 heterocycles. The van der Waals surface area contributed by atoms with Gasteiger partial charge >= 0.3 is 0 Å². The molecule has 1 aliphatic heterocycles. The van der Waals surface area contributed by atoms with Gasteiger partial charge in [0, 0.05) is 45.0 Å². The van der Waals surface area contributed by atoms with Crippen molar-refractivity contribution in [1.82, 2.24) is 0 Å². The number of rotatable bonds is 4. The first-order chi connectivity index (χ1) is 15.6. The van der Waals surface area contributed by atoms with E-state index in [1.807, 2.05) is 78.6 Å². The molecule has 0 saturated carbocycles. The van der Waals surface area contributed by atoms with Crippen molar-refractivity contribution in [1.29, 1.82) is 0 Å². The average Bonchev–Trinajstić information content (AvgIpc) is 3.30. The van der Waals surface area contributed by atoms with Crippen molar-refractivity contribution in [2.45, 2.75) is 25.3 Å². The van der Waals surface area contributed by atoms with Crippen LogP contribution in [0, 0.1) is 5.92 Å². The molecule has 0 saturated heterocycles. The molecule has 0 bridgehead atoms. The zero-order valence-electron chi connectivity index (χ0n) is 17.8. The molecule has 3 aromatic carbocycles. The standard InChI is InChI=1S/C27H24Cl2N2O/c1-2-31(18-8-4-3-5-9-18)27(32)17-14-15-24-21(16-17)19-10-6-11-20(19)26(30-24)25-22(28)12-7-13-23(25)29/h3-10,12-16,19-20,26,30H,2,11H2,1H3. The third-order valence-electron chi connectivity index (χ3n) is 6.55. The van der Waals surface area contributed by atoms with Crippen LogP contribution in [0.5, 0.6) is 0 Å². The lowest BCUT2D eigenvalue weighted by molar-refractivity contribution is 0.0988. The molecule has 3 aromatic rings. The number of allylic oxidation sites excluding steroid dienone is 2. The molecule has 0 aromatic heterocycles. The Balaban J connectivity index is 1.52. The van der Waals surface area contributed by atoms with Crippen molar-refractivity contribution in [3.8, 4) is 0 Å². The van der Waals surface area contributed by atoms with E-state index in [2.05, 4.69) is 17.5 Å². The highest BCUT2D eigenvalue weighted by atomic mass is 35.5. The fraction of sp³-hybridized carbons (Fsp3) is 0.222. The molecule has 5 rings (SSSR count). The third-order valence-corrected chi connectivity index (χ3v) is 7.21. The highest BCUT2D eigenvalue weighted by Crippen LogP contribution is 2.52. The molecule has 3 unspecified atom stereocenters. The third kappa shape index (κ3) is 3.60. The number of para-hydroxylation sites is 1. The molecule has 0 fully saturated rings. The molecule has 1 amide bonds. The van der Waals surface area contributed by atoms with Gasteiger partial charge in [0.15, 0.2) is 0 Å². The number of carbonyl (C=O) groups excluding carboxylic acids is 1. The SMILES string of the molecule is CCN(C(=O)c1ccc2c(c1)C1C=CCC1C(c1c(Cl)cccc1Cl)N2)c1ccccc1. The summed E-state index contributed by atoms with van der Waals surface area (Å²) < 4.78 is 0. The van der Waals surface area contributed by atoms with E-state index < -0.39 is 0 Å². The van der Waals surface area contributed by atoms with Crippen LogP contribution in [0.15, 0.2) is 78.9 Å². The van der Waals surface area contributed by atoms with Crippen LogP contribution < -0.4 is 10.2 Å². The Bertz CT molecular complexity index is 1170. The number of hydrogen-bond acceptors (Lipinski definition) is 2. The summed E-state index contributed by atoms with van der Waals surface area (Å²) in [4.78, 5) is 15.2. The molecule has 3 atom stereocenters. The molecule has 2 aliphatic rings. The molecule has 1 N–H and O–H groups in total. The number of nitrogens with zero attached hydrogens (tertiary/aromatic N) is 1. The highest BCUT2D eigenvalue weighted by molar-refractivity contribution is 6.36. The second kappa shape index (κ2) is 8.65. The monoisotopic (exact) mass is 462 g/mol. The largest absolute Gasteiger partial charge is 0.378 e. The summed E-state index contributed by atoms with van der Waals surface area (Å²) >= 11 is 13.1. The van der Waals surface area contributed by atoms with Gasteiger partial charge in [-0.25, -0.2) is 0 Å². The van der Waals surface area contributed by atoms with E-state index in [9.17, 15) is 4.79 Å². The van der Waals surface area contributed by atoms with Crippen LogP contribution in [0.25, 0.3) is 0 Å². The quantitative estimate of drug-likeness (QED) is 0.407. The maximum Gasteiger partial charge on any atom is 0.258 e. The number of halogens is 2. The van der Waals surface area contributed by atoms with Crippen molar-refractivity contribution < 1.29 is 4.79 Å². The molecular formula is C27H24Cl2N2O. The van der Waals surface area contributed by atoms with Crippen LogP contribution in [0.1, 0.15) is 46.8 Å². The van der Waals surface area contributed by atoms with Crippen LogP contribution in [0.2, 0.25) is 10.0 Å². The van der Waals surface area contributed by atoms with E-state index in [0.29, 0.717) is 28.1 Å². The Kier molecular flexibility index (Phi) is 5.71. The first kappa shape index (κ1) is 21.1. The van der Waals surface area contributed by atoms with Crippen molar-refractivity contribution in [3.63, 3.8) is 0 Å². The Labute approximate surface area is 198 Å². The van der Waals surface area contributed by atoms with E-state index in [4.69, 9.17) is 23.2 Å². The molecular weight excluding hydrogens is 439 g/mol. The summed E-state index contributed by atoms with van der Waals surface area (Å²) in [6, 6.07) is 21.4. The normalized spacial score (nSPS) is 20.9. The van der Waals surface area contributed by atoms with Crippen LogP contribution >= 0.6 is 23.2 Å². The van der Waals surface area contributed by atoms with E-state index >= 15 is 0 Å². The predicted octanol–water partition coefficient (Wildman–Crippen LogP) is 7.49. The van der Waals surface area contributed by atoms with Crippen LogP contribution in [0.3, 0.4) is 0 Å². The molecule has 162 valence electrons. The van der Waals surface area contributed by atoms with E-state index in [0.717, 1.165) is 28.9 Å². The van der Waals surface area contributed by atoms with Gasteiger partial charge < -0.3 is 10.2 Å². The number of fused-ring (bicyclic) bond motifs is 3. The van der Waals surface area contributed by atoms with Crippen LogP contribution in [-0.2, 0) is 0 Å². The zero-order chi connectivity index (χ0) is 22.2. The topological polar surface area (TPSA) is 32.3 Å². The second-order valence-electron chi connectivity index (χ2n) is 8.30. The van der Waals surface area contributed by atoms with Crippen molar-refractivity contribution in [3.05, 3.63) is 106 Å². The van der Waals surface area contributed by atoms with E-state index in [-0.39, 0.29) is 17.9 Å². The van der Waals surface area contributed by atoms with Crippen molar-refractivity contribution in [2.24, 2.45) is 5.92 Å². The number of hydrogen-bond donors (Lipinski definition) is 1. The maximum absolute atomic E-state index is 13.4. The highest BCUT2D eigenvalue weighted by Gasteiger charge is 2.39. The van der Waals surface area contributed by atoms with Crippen LogP contribution in [-0.4, -0.2) is 12.5 Å². The van der Waals surface area contributed by atoms with Gasteiger partial charge in [0.25, 0.3) is 5.91 Å². The zero-order valence-corrected chi connectivity index (χ0v) is 19.3. The summed E-state index contributed by atoms with van der Waals surface area (Å²) in [6.07, 6.45) is 5.42. The average molecular weight is 463 g/mol. The first-order valence-corrected chi connectivity index (χ1v) is 11.7. The Hall–Kier alpha value is -2.75. The van der Waals surface area contributed by atoms with Gasteiger partial charge in [-0.05, 0) is 67.3 Å². The van der Waals surface area contributed by atoms with Crippen molar-refractivity contribution >= 4 is 40.5 Å². The molecule has 3 nitrogen and oxygen atoms in total. The Morgan fingerprint density at radius 1 is 1.03 bits per heavy atom. The van der Waals surface area contributed by atoms with Crippen molar-refractivity contribution in [2.75, 3.05) is 16.8 Å². The van der Waals surface area contributed by atoms with Gasteiger partial charge in [-0.1, -0.05) is 59.6 Å².